The van der Waals surface area contributed by atoms with Gasteiger partial charge in [0.05, 0.1) is 18.9 Å². The molecule has 0 heterocycles. The minimum Gasteiger partial charge on any atom is -0.495 e. The molecule has 0 amide bonds. The molecule has 0 aliphatic heterocycles. The molecule has 0 unspecified atom stereocenters. The van der Waals surface area contributed by atoms with Gasteiger partial charge in [-0.05, 0) is 42.3 Å². The molecule has 1 atom stereocenters. The van der Waals surface area contributed by atoms with Crippen molar-refractivity contribution in [1.82, 2.24) is 0 Å². The summed E-state index contributed by atoms with van der Waals surface area (Å²) in [7, 11) is 1.59. The average Bonchev–Trinajstić information content (AvgIpc) is 2.48. The molecular weight excluding hydrogens is 293 g/mol. The summed E-state index contributed by atoms with van der Waals surface area (Å²) in [5.74, 6) is 0.378. The van der Waals surface area contributed by atoms with E-state index < -0.39 is 6.10 Å². The molecule has 5 heteroatoms. The quantitative estimate of drug-likeness (QED) is 0.846. The van der Waals surface area contributed by atoms with Gasteiger partial charge in [-0.15, -0.1) is 0 Å². The zero-order valence-corrected chi connectivity index (χ0v) is 12.4. The number of hydrogen-bond donors (Lipinski definition) is 2. The van der Waals surface area contributed by atoms with Crippen LogP contribution in [0.3, 0.4) is 0 Å². The van der Waals surface area contributed by atoms with E-state index in [0.29, 0.717) is 29.3 Å². The van der Waals surface area contributed by atoms with Gasteiger partial charge in [-0.25, -0.2) is 4.39 Å². The highest BCUT2D eigenvalue weighted by Gasteiger charge is 2.08. The number of rotatable bonds is 6. The lowest BCUT2D eigenvalue weighted by Crippen LogP contribution is -2.08. The summed E-state index contributed by atoms with van der Waals surface area (Å²) in [5.41, 5.74) is 1.47. The number of aliphatic hydroxyl groups is 1. The Hall–Kier alpha value is -1.78. The smallest absolute Gasteiger partial charge is 0.142 e. The van der Waals surface area contributed by atoms with E-state index in [9.17, 15) is 9.50 Å². The molecule has 3 nitrogen and oxygen atoms in total. The predicted octanol–water partition coefficient (Wildman–Crippen LogP) is 4.02. The summed E-state index contributed by atoms with van der Waals surface area (Å²) in [6, 6.07) is 11.1. The number of hydrogen-bond acceptors (Lipinski definition) is 3. The van der Waals surface area contributed by atoms with Gasteiger partial charge in [0.2, 0.25) is 0 Å². The maximum atomic E-state index is 12.8. The van der Waals surface area contributed by atoms with E-state index in [4.69, 9.17) is 16.3 Å². The molecule has 21 heavy (non-hydrogen) atoms. The fourth-order valence-electron chi connectivity index (χ4n) is 2.01. The third-order valence-corrected chi connectivity index (χ3v) is 3.38. The third-order valence-electron chi connectivity index (χ3n) is 3.15. The molecule has 0 aliphatic carbocycles. The van der Waals surface area contributed by atoms with Crippen LogP contribution in [0, 0.1) is 5.82 Å². The Balaban J connectivity index is 1.92. The Bertz CT molecular complexity index is 589. The van der Waals surface area contributed by atoms with E-state index >= 15 is 0 Å². The minimum atomic E-state index is -0.650. The highest BCUT2D eigenvalue weighted by molar-refractivity contribution is 6.30. The van der Waals surface area contributed by atoms with Gasteiger partial charge >= 0.3 is 0 Å². The van der Waals surface area contributed by atoms with Crippen molar-refractivity contribution in [3.8, 4) is 5.75 Å². The van der Waals surface area contributed by atoms with Crippen molar-refractivity contribution in [2.45, 2.75) is 12.5 Å². The fraction of sp³-hybridized carbons (Fsp3) is 0.250. The Labute approximate surface area is 128 Å². The summed E-state index contributed by atoms with van der Waals surface area (Å²) in [5, 5.41) is 13.8. The first-order chi connectivity index (χ1) is 10.1. The van der Waals surface area contributed by atoms with Gasteiger partial charge < -0.3 is 15.2 Å². The molecule has 2 aromatic carbocycles. The molecule has 0 aliphatic rings. The summed E-state index contributed by atoms with van der Waals surface area (Å²) in [6.07, 6.45) is -0.162. The molecule has 0 fully saturated rings. The molecule has 0 spiro atoms. The maximum Gasteiger partial charge on any atom is 0.142 e. The second-order valence-corrected chi connectivity index (χ2v) is 5.06. The largest absolute Gasteiger partial charge is 0.495 e. The first-order valence-electron chi connectivity index (χ1n) is 6.61. The lowest BCUT2D eigenvalue weighted by atomic mass is 10.1. The van der Waals surface area contributed by atoms with E-state index in [1.165, 1.54) is 12.1 Å². The monoisotopic (exact) mass is 309 g/mol. The number of methoxy groups -OCH3 is 1. The van der Waals surface area contributed by atoms with Crippen LogP contribution in [0.5, 0.6) is 5.75 Å². The second-order valence-electron chi connectivity index (χ2n) is 4.63. The van der Waals surface area contributed by atoms with Gasteiger partial charge in [-0.3, -0.25) is 0 Å². The summed E-state index contributed by atoms with van der Waals surface area (Å²) in [4.78, 5) is 0. The zero-order chi connectivity index (χ0) is 15.2. The number of nitrogens with one attached hydrogen (secondary N) is 1. The summed E-state index contributed by atoms with van der Waals surface area (Å²) in [6.45, 7) is 0.537. The first-order valence-corrected chi connectivity index (χ1v) is 6.99. The molecule has 0 saturated carbocycles. The SMILES string of the molecule is COc1ccc(Cl)cc1NCC[C@H](O)c1ccc(F)cc1. The third kappa shape index (κ3) is 4.34. The van der Waals surface area contributed by atoms with Crippen LogP contribution in [-0.4, -0.2) is 18.8 Å². The van der Waals surface area contributed by atoms with Crippen molar-refractivity contribution < 1.29 is 14.2 Å². The predicted molar refractivity (Wildman–Crippen MR) is 82.5 cm³/mol. The Morgan fingerprint density at radius 3 is 2.62 bits per heavy atom. The number of benzene rings is 2. The normalized spacial score (nSPS) is 12.0. The maximum absolute atomic E-state index is 12.8. The van der Waals surface area contributed by atoms with Gasteiger partial charge in [-0.1, -0.05) is 23.7 Å². The summed E-state index contributed by atoms with van der Waals surface area (Å²) >= 11 is 5.95. The van der Waals surface area contributed by atoms with Crippen LogP contribution in [0.4, 0.5) is 10.1 Å². The van der Waals surface area contributed by atoms with E-state index in [0.717, 1.165) is 5.69 Å². The molecule has 2 aromatic rings. The highest BCUT2D eigenvalue weighted by Crippen LogP contribution is 2.28. The minimum absolute atomic E-state index is 0.312. The topological polar surface area (TPSA) is 41.5 Å². The van der Waals surface area contributed by atoms with Crippen molar-refractivity contribution >= 4 is 17.3 Å². The van der Waals surface area contributed by atoms with Crippen molar-refractivity contribution in [3.63, 3.8) is 0 Å². The lowest BCUT2D eigenvalue weighted by molar-refractivity contribution is 0.171. The van der Waals surface area contributed by atoms with Crippen LogP contribution >= 0.6 is 11.6 Å². The molecule has 0 aromatic heterocycles. The number of anilines is 1. The molecule has 2 rings (SSSR count). The van der Waals surface area contributed by atoms with Crippen LogP contribution < -0.4 is 10.1 Å². The first kappa shape index (κ1) is 15.6. The molecule has 0 saturated heterocycles. The molecule has 112 valence electrons. The summed E-state index contributed by atoms with van der Waals surface area (Å²) < 4.78 is 18.1. The lowest BCUT2D eigenvalue weighted by Gasteiger charge is -2.14. The van der Waals surface area contributed by atoms with E-state index in [-0.39, 0.29) is 5.82 Å². The Morgan fingerprint density at radius 1 is 1.24 bits per heavy atom. The molecular formula is C16H17ClFNO2. The average molecular weight is 310 g/mol. The van der Waals surface area contributed by atoms with Crippen LogP contribution in [0.2, 0.25) is 5.02 Å². The van der Waals surface area contributed by atoms with Crippen molar-refractivity contribution in [1.29, 1.82) is 0 Å². The zero-order valence-electron chi connectivity index (χ0n) is 11.6. The van der Waals surface area contributed by atoms with Gasteiger partial charge in [-0.2, -0.15) is 0 Å². The van der Waals surface area contributed by atoms with E-state index in [2.05, 4.69) is 5.32 Å². The Kier molecular flexibility index (Phi) is 5.42. The fourth-order valence-corrected chi connectivity index (χ4v) is 2.19. The van der Waals surface area contributed by atoms with Crippen LogP contribution in [0.1, 0.15) is 18.1 Å². The number of halogens is 2. The number of ether oxygens (including phenoxy) is 1. The van der Waals surface area contributed by atoms with Crippen molar-refractivity contribution in [2.24, 2.45) is 0 Å². The van der Waals surface area contributed by atoms with Crippen molar-refractivity contribution in [2.75, 3.05) is 19.0 Å². The van der Waals surface area contributed by atoms with E-state index in [1.54, 1.807) is 37.4 Å². The van der Waals surface area contributed by atoms with Crippen LogP contribution in [0.15, 0.2) is 42.5 Å². The molecule has 0 bridgehead atoms. The van der Waals surface area contributed by atoms with Gasteiger partial charge in [0.25, 0.3) is 0 Å². The molecule has 2 N–H and O–H groups in total. The second kappa shape index (κ2) is 7.29. The number of aliphatic hydroxyl groups excluding tert-OH is 1. The van der Waals surface area contributed by atoms with Gasteiger partial charge in [0.1, 0.15) is 11.6 Å². The van der Waals surface area contributed by atoms with Crippen molar-refractivity contribution in [3.05, 3.63) is 58.9 Å². The van der Waals surface area contributed by atoms with E-state index in [1.807, 2.05) is 0 Å². The van der Waals surface area contributed by atoms with Gasteiger partial charge in [0, 0.05) is 11.6 Å². The molecule has 0 radical (unpaired) electrons. The Morgan fingerprint density at radius 2 is 1.95 bits per heavy atom. The van der Waals surface area contributed by atoms with Crippen LogP contribution in [-0.2, 0) is 0 Å². The standard InChI is InChI=1S/C16H17ClFNO2/c1-21-16-7-4-12(17)10-14(16)19-9-8-15(20)11-2-5-13(18)6-3-11/h2-7,10,15,19-20H,8-9H2,1H3/t15-/m0/s1. The van der Waals surface area contributed by atoms with Gasteiger partial charge in [0.15, 0.2) is 0 Å². The van der Waals surface area contributed by atoms with Crippen LogP contribution in [0.25, 0.3) is 0 Å². The highest BCUT2D eigenvalue weighted by atomic mass is 35.5.